The average molecular weight is 459 g/mol. The first-order valence-electron chi connectivity index (χ1n) is 11.4. The molecule has 6 nitrogen and oxygen atoms in total. The summed E-state index contributed by atoms with van der Waals surface area (Å²) in [6, 6.07) is 25.1. The van der Waals surface area contributed by atoms with Crippen LogP contribution in [-0.4, -0.2) is 44.0 Å². The number of ether oxygens (including phenoxy) is 2. The van der Waals surface area contributed by atoms with Crippen LogP contribution in [0.4, 0.5) is 0 Å². The van der Waals surface area contributed by atoms with Gasteiger partial charge in [-0.05, 0) is 17.2 Å². The second kappa shape index (κ2) is 10.9. The van der Waals surface area contributed by atoms with Gasteiger partial charge in [0, 0.05) is 37.2 Å². The van der Waals surface area contributed by atoms with E-state index in [0.29, 0.717) is 37.6 Å². The molecule has 0 aromatic heterocycles. The Morgan fingerprint density at radius 1 is 0.882 bits per heavy atom. The van der Waals surface area contributed by atoms with Gasteiger partial charge in [-0.25, -0.2) is 0 Å². The first-order chi connectivity index (χ1) is 16.6. The number of carbonyl (C=O) groups is 2. The molecular weight excluding hydrogens is 428 g/mol. The van der Waals surface area contributed by atoms with Crippen LogP contribution < -0.4 is 14.8 Å². The number of carbonyl (C=O) groups excluding carboxylic acids is 2. The van der Waals surface area contributed by atoms with E-state index < -0.39 is 0 Å². The summed E-state index contributed by atoms with van der Waals surface area (Å²) < 4.78 is 11.0. The van der Waals surface area contributed by atoms with E-state index in [4.69, 9.17) is 9.47 Å². The van der Waals surface area contributed by atoms with Gasteiger partial charge < -0.3 is 19.7 Å². The SMILES string of the molecule is COc1ccc(C2CN(C(=O)Cc3ccccc3)CC2C(=O)NCc2ccccc2)c(OC)c1. The highest BCUT2D eigenvalue weighted by Crippen LogP contribution is 2.39. The molecule has 0 spiro atoms. The Labute approximate surface area is 200 Å². The molecule has 2 atom stereocenters. The van der Waals surface area contributed by atoms with Gasteiger partial charge in [-0.15, -0.1) is 0 Å². The number of benzene rings is 3. The van der Waals surface area contributed by atoms with Gasteiger partial charge in [-0.1, -0.05) is 66.7 Å². The van der Waals surface area contributed by atoms with E-state index in [9.17, 15) is 9.59 Å². The van der Waals surface area contributed by atoms with Gasteiger partial charge in [0.05, 0.1) is 26.6 Å². The summed E-state index contributed by atoms with van der Waals surface area (Å²) in [4.78, 5) is 28.3. The van der Waals surface area contributed by atoms with Crippen molar-refractivity contribution in [2.24, 2.45) is 5.92 Å². The third-order valence-electron chi connectivity index (χ3n) is 6.36. The van der Waals surface area contributed by atoms with Gasteiger partial charge in [0.25, 0.3) is 0 Å². The molecule has 1 aliphatic rings. The van der Waals surface area contributed by atoms with Crippen molar-refractivity contribution >= 4 is 11.8 Å². The van der Waals surface area contributed by atoms with Crippen molar-refractivity contribution in [2.45, 2.75) is 18.9 Å². The Hall–Kier alpha value is -3.80. The zero-order valence-corrected chi connectivity index (χ0v) is 19.6. The van der Waals surface area contributed by atoms with Crippen molar-refractivity contribution in [3.8, 4) is 11.5 Å². The summed E-state index contributed by atoms with van der Waals surface area (Å²) in [6.45, 7) is 1.27. The van der Waals surface area contributed by atoms with Crippen molar-refractivity contribution < 1.29 is 19.1 Å². The molecule has 3 aromatic rings. The number of amides is 2. The first kappa shape index (κ1) is 23.4. The number of likely N-dealkylation sites (tertiary alicyclic amines) is 1. The minimum atomic E-state index is -0.384. The fourth-order valence-corrected chi connectivity index (χ4v) is 4.51. The molecule has 34 heavy (non-hydrogen) atoms. The average Bonchev–Trinajstić information content (AvgIpc) is 3.33. The Morgan fingerprint density at radius 2 is 1.56 bits per heavy atom. The molecule has 1 saturated heterocycles. The van der Waals surface area contributed by atoms with Crippen LogP contribution in [0.5, 0.6) is 11.5 Å². The van der Waals surface area contributed by atoms with Crippen LogP contribution in [0.3, 0.4) is 0 Å². The number of methoxy groups -OCH3 is 2. The van der Waals surface area contributed by atoms with E-state index in [0.717, 1.165) is 16.7 Å². The third kappa shape index (κ3) is 5.39. The molecule has 1 fully saturated rings. The molecule has 6 heteroatoms. The van der Waals surface area contributed by atoms with E-state index in [1.165, 1.54) is 0 Å². The second-order valence-corrected chi connectivity index (χ2v) is 8.49. The molecule has 1 N–H and O–H groups in total. The summed E-state index contributed by atoms with van der Waals surface area (Å²) in [5.74, 6) is 0.717. The maximum absolute atomic E-state index is 13.3. The number of nitrogens with one attached hydrogen (secondary N) is 1. The van der Waals surface area contributed by atoms with Crippen molar-refractivity contribution in [2.75, 3.05) is 27.3 Å². The Balaban J connectivity index is 1.56. The molecule has 3 aromatic carbocycles. The predicted octanol–water partition coefficient (Wildman–Crippen LogP) is 3.80. The zero-order valence-electron chi connectivity index (χ0n) is 19.6. The lowest BCUT2D eigenvalue weighted by Crippen LogP contribution is -2.35. The number of hydrogen-bond donors (Lipinski definition) is 1. The van der Waals surface area contributed by atoms with E-state index in [2.05, 4.69) is 5.32 Å². The molecule has 0 aliphatic carbocycles. The highest BCUT2D eigenvalue weighted by Gasteiger charge is 2.41. The summed E-state index contributed by atoms with van der Waals surface area (Å²) in [7, 11) is 3.21. The van der Waals surface area contributed by atoms with E-state index in [-0.39, 0.29) is 23.7 Å². The van der Waals surface area contributed by atoms with Crippen LogP contribution in [0.15, 0.2) is 78.9 Å². The van der Waals surface area contributed by atoms with Crippen molar-refractivity contribution in [1.82, 2.24) is 10.2 Å². The molecular formula is C28H30N2O4. The maximum atomic E-state index is 13.3. The second-order valence-electron chi connectivity index (χ2n) is 8.49. The van der Waals surface area contributed by atoms with Gasteiger partial charge >= 0.3 is 0 Å². The van der Waals surface area contributed by atoms with Crippen molar-refractivity contribution in [1.29, 1.82) is 0 Å². The lowest BCUT2D eigenvalue weighted by molar-refractivity contribution is -0.130. The van der Waals surface area contributed by atoms with Gasteiger partial charge in [-0.2, -0.15) is 0 Å². The highest BCUT2D eigenvalue weighted by atomic mass is 16.5. The van der Waals surface area contributed by atoms with Crippen LogP contribution in [0, 0.1) is 5.92 Å². The van der Waals surface area contributed by atoms with Crippen molar-refractivity contribution in [3.63, 3.8) is 0 Å². The standard InChI is InChI=1S/C28H30N2O4/c1-33-22-13-14-23(26(16-22)34-2)24-18-30(27(31)15-20-9-5-3-6-10-20)19-25(24)28(32)29-17-21-11-7-4-8-12-21/h3-14,16,24-25H,15,17-19H2,1-2H3,(H,29,32). The van der Waals surface area contributed by atoms with Gasteiger partial charge in [0.15, 0.2) is 0 Å². The van der Waals surface area contributed by atoms with Crippen LogP contribution in [0.1, 0.15) is 22.6 Å². The van der Waals surface area contributed by atoms with Gasteiger partial charge in [0.1, 0.15) is 11.5 Å². The zero-order chi connectivity index (χ0) is 23.9. The first-order valence-corrected chi connectivity index (χ1v) is 11.4. The fraction of sp³-hybridized carbons (Fsp3) is 0.286. The molecule has 0 saturated carbocycles. The van der Waals surface area contributed by atoms with Crippen LogP contribution in [-0.2, 0) is 22.6 Å². The lowest BCUT2D eigenvalue weighted by atomic mass is 9.87. The van der Waals surface area contributed by atoms with E-state index in [1.54, 1.807) is 19.1 Å². The molecule has 4 rings (SSSR count). The molecule has 1 heterocycles. The Kier molecular flexibility index (Phi) is 7.48. The number of nitrogens with zero attached hydrogens (tertiary/aromatic N) is 1. The molecule has 2 amide bonds. The lowest BCUT2D eigenvalue weighted by Gasteiger charge is -2.21. The minimum absolute atomic E-state index is 0.0158. The summed E-state index contributed by atoms with van der Waals surface area (Å²) in [6.07, 6.45) is 0.311. The monoisotopic (exact) mass is 458 g/mol. The Bertz CT molecular complexity index is 1120. The number of hydrogen-bond acceptors (Lipinski definition) is 4. The van der Waals surface area contributed by atoms with Crippen LogP contribution in [0.25, 0.3) is 0 Å². The van der Waals surface area contributed by atoms with E-state index >= 15 is 0 Å². The minimum Gasteiger partial charge on any atom is -0.497 e. The quantitative estimate of drug-likeness (QED) is 0.558. The summed E-state index contributed by atoms with van der Waals surface area (Å²) >= 11 is 0. The van der Waals surface area contributed by atoms with Crippen LogP contribution in [0.2, 0.25) is 0 Å². The normalized spacial score (nSPS) is 17.3. The fourth-order valence-electron chi connectivity index (χ4n) is 4.51. The molecule has 2 unspecified atom stereocenters. The molecule has 0 bridgehead atoms. The predicted molar refractivity (Wildman–Crippen MR) is 131 cm³/mol. The number of rotatable bonds is 8. The third-order valence-corrected chi connectivity index (χ3v) is 6.36. The molecule has 176 valence electrons. The van der Waals surface area contributed by atoms with Gasteiger partial charge in [0.2, 0.25) is 11.8 Å². The van der Waals surface area contributed by atoms with E-state index in [1.807, 2.05) is 78.9 Å². The maximum Gasteiger partial charge on any atom is 0.227 e. The highest BCUT2D eigenvalue weighted by molar-refractivity contribution is 5.84. The largest absolute Gasteiger partial charge is 0.497 e. The van der Waals surface area contributed by atoms with Crippen LogP contribution >= 0.6 is 0 Å². The molecule has 0 radical (unpaired) electrons. The smallest absolute Gasteiger partial charge is 0.227 e. The topological polar surface area (TPSA) is 67.9 Å². The van der Waals surface area contributed by atoms with Gasteiger partial charge in [-0.3, -0.25) is 9.59 Å². The summed E-state index contributed by atoms with van der Waals surface area (Å²) in [5, 5.41) is 3.07. The molecule has 1 aliphatic heterocycles. The Morgan fingerprint density at radius 3 is 2.21 bits per heavy atom. The van der Waals surface area contributed by atoms with Crippen molar-refractivity contribution in [3.05, 3.63) is 95.6 Å². The summed E-state index contributed by atoms with van der Waals surface area (Å²) in [5.41, 5.74) is 2.89.